The summed E-state index contributed by atoms with van der Waals surface area (Å²) in [6.07, 6.45) is 0.122. The van der Waals surface area contributed by atoms with Crippen LogP contribution in [0.1, 0.15) is 18.9 Å². The third-order valence-electron chi connectivity index (χ3n) is 5.74. The van der Waals surface area contributed by atoms with Crippen LogP contribution in [0.3, 0.4) is 0 Å². The fourth-order valence-corrected chi connectivity index (χ4v) is 4.18. The Morgan fingerprint density at radius 2 is 1.83 bits per heavy atom. The van der Waals surface area contributed by atoms with Crippen molar-refractivity contribution in [3.8, 4) is 17.2 Å². The molecular weight excluding hydrogens is 482 g/mol. The summed E-state index contributed by atoms with van der Waals surface area (Å²) in [4.78, 5) is 26.9. The summed E-state index contributed by atoms with van der Waals surface area (Å²) in [5.74, 6) is 0.666. The van der Waals surface area contributed by atoms with Gasteiger partial charge in [0.1, 0.15) is 12.4 Å². The number of hydrogen-bond acceptors (Lipinski definition) is 6. The molecule has 9 heteroatoms. The topological polar surface area (TPSA) is 89.1 Å². The Labute approximate surface area is 215 Å². The van der Waals surface area contributed by atoms with Crippen molar-refractivity contribution in [2.24, 2.45) is 5.92 Å². The Morgan fingerprint density at radius 1 is 1.08 bits per heavy atom. The minimum atomic E-state index is -0.498. The van der Waals surface area contributed by atoms with Gasteiger partial charge in [-0.25, -0.2) is 0 Å². The molecule has 1 aliphatic heterocycles. The smallest absolute Gasteiger partial charge is 0.243 e. The quantitative estimate of drug-likeness (QED) is 0.381. The first-order chi connectivity index (χ1) is 17.5. The first-order valence-corrected chi connectivity index (χ1v) is 12.0. The number of carbonyl (C=O) groups is 2. The molecule has 1 aliphatic rings. The number of hydrazine groups is 1. The van der Waals surface area contributed by atoms with Gasteiger partial charge in [-0.15, -0.1) is 0 Å². The number of rotatable bonds is 10. The lowest BCUT2D eigenvalue weighted by Crippen LogP contribution is -2.36. The summed E-state index contributed by atoms with van der Waals surface area (Å²) < 4.78 is 16.8. The van der Waals surface area contributed by atoms with Gasteiger partial charge in [0.15, 0.2) is 11.5 Å². The molecule has 36 heavy (non-hydrogen) atoms. The molecule has 0 saturated carbocycles. The van der Waals surface area contributed by atoms with E-state index in [2.05, 4.69) is 10.9 Å². The third kappa shape index (κ3) is 6.01. The fraction of sp³-hybridized carbons (Fsp3) is 0.259. The van der Waals surface area contributed by atoms with Crippen LogP contribution in [-0.4, -0.2) is 32.1 Å². The summed E-state index contributed by atoms with van der Waals surface area (Å²) in [6, 6.07) is 20.3. The minimum absolute atomic E-state index is 0.107. The Kier molecular flexibility index (Phi) is 8.17. The second-order valence-corrected chi connectivity index (χ2v) is 8.62. The van der Waals surface area contributed by atoms with Crippen LogP contribution in [0.15, 0.2) is 66.7 Å². The number of benzene rings is 3. The van der Waals surface area contributed by atoms with E-state index in [1.165, 1.54) is 7.11 Å². The van der Waals surface area contributed by atoms with E-state index < -0.39 is 5.92 Å². The molecule has 4 rings (SSSR count). The normalized spacial score (nSPS) is 14.9. The molecule has 0 bridgehead atoms. The zero-order valence-electron chi connectivity index (χ0n) is 20.1. The van der Waals surface area contributed by atoms with E-state index in [1.807, 2.05) is 61.5 Å². The second kappa shape index (κ2) is 11.7. The van der Waals surface area contributed by atoms with Gasteiger partial charge in [0.2, 0.25) is 11.8 Å². The molecule has 0 aromatic heterocycles. The van der Waals surface area contributed by atoms with Gasteiger partial charge in [-0.05, 0) is 42.8 Å². The van der Waals surface area contributed by atoms with Crippen molar-refractivity contribution in [1.82, 2.24) is 5.43 Å². The summed E-state index contributed by atoms with van der Waals surface area (Å²) in [7, 11) is 1.52. The van der Waals surface area contributed by atoms with Crippen molar-refractivity contribution in [2.45, 2.75) is 20.0 Å². The molecule has 1 heterocycles. The standard InChI is InChI=1S/C27H28ClN3O5/c1-3-35-22-11-9-21(10-12-22)31-16-19(13-25(31)32)27(33)30-29-20-14-23(28)26(24(15-20)34-2)36-17-18-7-5-4-6-8-18/h4-12,14-15,19,29H,3,13,16-17H2,1-2H3,(H,30,33)/t19-/m0/s1. The van der Waals surface area contributed by atoms with Crippen LogP contribution in [0, 0.1) is 5.92 Å². The van der Waals surface area contributed by atoms with Crippen LogP contribution >= 0.6 is 11.6 Å². The number of hydrogen-bond donors (Lipinski definition) is 2. The molecule has 188 valence electrons. The first-order valence-electron chi connectivity index (χ1n) is 11.6. The Bertz CT molecular complexity index is 1200. The highest BCUT2D eigenvalue weighted by atomic mass is 35.5. The van der Waals surface area contributed by atoms with Crippen LogP contribution < -0.4 is 30.0 Å². The molecule has 2 N–H and O–H groups in total. The van der Waals surface area contributed by atoms with E-state index in [-0.39, 0.29) is 24.8 Å². The van der Waals surface area contributed by atoms with Crippen LogP contribution in [0.5, 0.6) is 17.2 Å². The fourth-order valence-electron chi connectivity index (χ4n) is 3.92. The van der Waals surface area contributed by atoms with Gasteiger partial charge < -0.3 is 19.1 Å². The molecule has 1 atom stereocenters. The highest BCUT2D eigenvalue weighted by Gasteiger charge is 2.35. The van der Waals surface area contributed by atoms with Crippen molar-refractivity contribution >= 4 is 34.8 Å². The van der Waals surface area contributed by atoms with Crippen LogP contribution in [0.4, 0.5) is 11.4 Å². The van der Waals surface area contributed by atoms with Crippen LogP contribution in [-0.2, 0) is 16.2 Å². The van der Waals surface area contributed by atoms with E-state index in [9.17, 15) is 9.59 Å². The molecule has 3 aromatic rings. The average molecular weight is 510 g/mol. The summed E-state index contributed by atoms with van der Waals surface area (Å²) >= 11 is 6.44. The summed E-state index contributed by atoms with van der Waals surface area (Å²) in [5, 5.41) is 0.333. The number of methoxy groups -OCH3 is 1. The van der Waals surface area contributed by atoms with E-state index in [1.54, 1.807) is 17.0 Å². The number of ether oxygens (including phenoxy) is 3. The van der Waals surface area contributed by atoms with Gasteiger partial charge in [-0.2, -0.15) is 0 Å². The second-order valence-electron chi connectivity index (χ2n) is 8.21. The molecule has 2 amide bonds. The maximum atomic E-state index is 12.8. The highest BCUT2D eigenvalue weighted by Crippen LogP contribution is 2.38. The SMILES string of the molecule is CCOc1ccc(N2C[C@@H](C(=O)NNc3cc(Cl)c(OCc4ccccc4)c(OC)c3)CC2=O)cc1. The molecule has 3 aromatic carbocycles. The monoisotopic (exact) mass is 509 g/mol. The van der Waals surface area contributed by atoms with Gasteiger partial charge in [0.25, 0.3) is 0 Å². The van der Waals surface area contributed by atoms with Crippen molar-refractivity contribution < 1.29 is 23.8 Å². The molecule has 1 saturated heterocycles. The predicted molar refractivity (Wildman–Crippen MR) is 139 cm³/mol. The summed E-state index contributed by atoms with van der Waals surface area (Å²) in [6.45, 7) is 3.10. The number of amides is 2. The van der Waals surface area contributed by atoms with Gasteiger partial charge in [-0.3, -0.25) is 20.4 Å². The van der Waals surface area contributed by atoms with Crippen LogP contribution in [0.2, 0.25) is 5.02 Å². The largest absolute Gasteiger partial charge is 0.494 e. The Morgan fingerprint density at radius 3 is 2.53 bits per heavy atom. The van der Waals surface area contributed by atoms with Crippen molar-refractivity contribution in [3.05, 3.63) is 77.3 Å². The van der Waals surface area contributed by atoms with Gasteiger partial charge >= 0.3 is 0 Å². The van der Waals surface area contributed by atoms with Crippen molar-refractivity contribution in [3.63, 3.8) is 0 Å². The molecule has 1 fully saturated rings. The maximum Gasteiger partial charge on any atom is 0.243 e. The molecule has 0 unspecified atom stereocenters. The molecule has 0 radical (unpaired) electrons. The van der Waals surface area contributed by atoms with E-state index in [0.717, 1.165) is 17.0 Å². The Hall–Kier alpha value is -3.91. The minimum Gasteiger partial charge on any atom is -0.494 e. The number of nitrogens with one attached hydrogen (secondary N) is 2. The zero-order chi connectivity index (χ0) is 25.5. The van der Waals surface area contributed by atoms with Crippen molar-refractivity contribution in [2.75, 3.05) is 30.6 Å². The van der Waals surface area contributed by atoms with Crippen molar-refractivity contribution in [1.29, 1.82) is 0 Å². The third-order valence-corrected chi connectivity index (χ3v) is 6.02. The zero-order valence-corrected chi connectivity index (χ0v) is 20.9. The van der Waals surface area contributed by atoms with Gasteiger partial charge in [-0.1, -0.05) is 41.9 Å². The van der Waals surface area contributed by atoms with Crippen LogP contribution in [0.25, 0.3) is 0 Å². The lowest BCUT2D eigenvalue weighted by molar-refractivity contribution is -0.125. The lowest BCUT2D eigenvalue weighted by atomic mass is 10.1. The molecular formula is C27H28ClN3O5. The molecule has 8 nitrogen and oxygen atoms in total. The Balaban J connectivity index is 1.35. The number of carbonyl (C=O) groups excluding carboxylic acids is 2. The summed E-state index contributed by atoms with van der Waals surface area (Å²) in [5.41, 5.74) is 7.78. The molecule has 0 aliphatic carbocycles. The van der Waals surface area contributed by atoms with E-state index in [0.29, 0.717) is 35.4 Å². The number of nitrogens with zero attached hydrogens (tertiary/aromatic N) is 1. The number of halogens is 1. The predicted octanol–water partition coefficient (Wildman–Crippen LogP) is 4.82. The highest BCUT2D eigenvalue weighted by molar-refractivity contribution is 6.32. The van der Waals surface area contributed by atoms with Gasteiger partial charge in [0.05, 0.1) is 30.3 Å². The van der Waals surface area contributed by atoms with E-state index in [4.69, 9.17) is 25.8 Å². The average Bonchev–Trinajstić information content (AvgIpc) is 3.29. The lowest BCUT2D eigenvalue weighted by Gasteiger charge is -2.18. The number of anilines is 2. The maximum absolute atomic E-state index is 12.8. The first kappa shape index (κ1) is 25.2. The van der Waals surface area contributed by atoms with Gasteiger partial charge in [0, 0.05) is 24.7 Å². The van der Waals surface area contributed by atoms with E-state index >= 15 is 0 Å². The molecule has 0 spiro atoms.